The topological polar surface area (TPSA) is 39.7 Å². The Bertz CT molecular complexity index is 435. The van der Waals surface area contributed by atoms with Crippen molar-refractivity contribution in [1.29, 1.82) is 0 Å². The fourth-order valence-corrected chi connectivity index (χ4v) is 2.64. The first kappa shape index (κ1) is 14.2. The maximum absolute atomic E-state index is 6.07. The van der Waals surface area contributed by atoms with E-state index in [2.05, 4.69) is 25.2 Å². The van der Waals surface area contributed by atoms with Gasteiger partial charge in [-0.3, -0.25) is 0 Å². The molecule has 1 aliphatic heterocycles. The number of methoxy groups -OCH3 is 2. The van der Waals surface area contributed by atoms with Gasteiger partial charge in [-0.1, -0.05) is 6.07 Å². The van der Waals surface area contributed by atoms with E-state index < -0.39 is 0 Å². The largest absolute Gasteiger partial charge is 0.493 e. The van der Waals surface area contributed by atoms with Crippen LogP contribution < -0.4 is 14.8 Å². The summed E-state index contributed by atoms with van der Waals surface area (Å²) in [6.07, 6.45) is 1.10. The molecule has 0 aliphatic carbocycles. The zero-order valence-corrected chi connectivity index (χ0v) is 12.2. The van der Waals surface area contributed by atoms with E-state index in [1.165, 1.54) is 5.56 Å². The third kappa shape index (κ3) is 3.39. The van der Waals surface area contributed by atoms with E-state index in [1.54, 1.807) is 14.2 Å². The average molecular weight is 265 g/mol. The van der Waals surface area contributed by atoms with Crippen molar-refractivity contribution < 1.29 is 14.2 Å². The molecule has 0 amide bonds. The van der Waals surface area contributed by atoms with Crippen LogP contribution in [0.15, 0.2) is 18.2 Å². The second-order valence-electron chi connectivity index (χ2n) is 5.38. The van der Waals surface area contributed by atoms with E-state index in [-0.39, 0.29) is 11.7 Å². The predicted octanol–water partition coefficient (Wildman–Crippen LogP) is 2.01. The quantitative estimate of drug-likeness (QED) is 0.904. The Hall–Kier alpha value is -1.26. The second kappa shape index (κ2) is 5.80. The van der Waals surface area contributed by atoms with Crippen LogP contribution in [0.4, 0.5) is 0 Å². The Morgan fingerprint density at radius 2 is 2.05 bits per heavy atom. The van der Waals surface area contributed by atoms with Crippen molar-refractivity contribution in [1.82, 2.24) is 5.32 Å². The van der Waals surface area contributed by atoms with E-state index >= 15 is 0 Å². The van der Waals surface area contributed by atoms with Crippen LogP contribution in [0.25, 0.3) is 0 Å². The third-order valence-corrected chi connectivity index (χ3v) is 3.44. The van der Waals surface area contributed by atoms with E-state index in [0.717, 1.165) is 31.0 Å². The second-order valence-corrected chi connectivity index (χ2v) is 5.38. The summed E-state index contributed by atoms with van der Waals surface area (Å²) in [6, 6.07) is 6.03. The number of morpholine rings is 1. The van der Waals surface area contributed by atoms with Gasteiger partial charge in [0.05, 0.1) is 25.9 Å². The maximum atomic E-state index is 6.07. The van der Waals surface area contributed by atoms with Gasteiger partial charge in [0.2, 0.25) is 0 Å². The molecule has 0 saturated carbocycles. The summed E-state index contributed by atoms with van der Waals surface area (Å²) in [5.74, 6) is 1.52. The van der Waals surface area contributed by atoms with Crippen LogP contribution in [-0.2, 0) is 11.2 Å². The van der Waals surface area contributed by atoms with Crippen LogP contribution in [0.2, 0.25) is 0 Å². The highest BCUT2D eigenvalue weighted by Crippen LogP contribution is 2.30. The van der Waals surface area contributed by atoms with E-state index in [1.807, 2.05) is 12.1 Å². The molecule has 1 N–H and O–H groups in total. The highest BCUT2D eigenvalue weighted by Gasteiger charge is 2.31. The van der Waals surface area contributed by atoms with Crippen molar-refractivity contribution in [3.8, 4) is 11.5 Å². The standard InChI is InChI=1S/C15H23NO3/c1-11-9-16-10-15(2,19-11)8-12-5-6-13(17-3)14(7-12)18-4/h5-7,11,16H,8-10H2,1-4H3. The molecule has 1 heterocycles. The molecule has 19 heavy (non-hydrogen) atoms. The lowest BCUT2D eigenvalue weighted by Gasteiger charge is -2.38. The normalized spacial score (nSPS) is 27.1. The van der Waals surface area contributed by atoms with Crippen molar-refractivity contribution in [3.63, 3.8) is 0 Å². The van der Waals surface area contributed by atoms with Crippen molar-refractivity contribution in [3.05, 3.63) is 23.8 Å². The van der Waals surface area contributed by atoms with Gasteiger partial charge in [-0.05, 0) is 31.5 Å². The number of rotatable bonds is 4. The number of hydrogen-bond acceptors (Lipinski definition) is 4. The molecule has 2 atom stereocenters. The molecule has 0 aromatic heterocycles. The first-order valence-corrected chi connectivity index (χ1v) is 6.66. The minimum absolute atomic E-state index is 0.169. The van der Waals surface area contributed by atoms with Gasteiger partial charge in [0, 0.05) is 19.5 Å². The van der Waals surface area contributed by atoms with Gasteiger partial charge in [0.15, 0.2) is 11.5 Å². The summed E-state index contributed by atoms with van der Waals surface area (Å²) in [5, 5.41) is 3.42. The molecule has 1 aliphatic rings. The zero-order chi connectivity index (χ0) is 13.9. The van der Waals surface area contributed by atoms with Crippen LogP contribution in [0.5, 0.6) is 11.5 Å². The lowest BCUT2D eigenvalue weighted by molar-refractivity contribution is -0.0965. The molecule has 0 bridgehead atoms. The Balaban J connectivity index is 2.14. The number of hydrogen-bond donors (Lipinski definition) is 1. The molecular formula is C15H23NO3. The SMILES string of the molecule is COc1ccc(CC2(C)CNCC(C)O2)cc1OC. The van der Waals surface area contributed by atoms with Gasteiger partial charge < -0.3 is 19.5 Å². The van der Waals surface area contributed by atoms with Gasteiger partial charge in [-0.25, -0.2) is 0 Å². The maximum Gasteiger partial charge on any atom is 0.160 e. The molecule has 2 unspecified atom stereocenters. The van der Waals surface area contributed by atoms with Gasteiger partial charge >= 0.3 is 0 Å². The summed E-state index contributed by atoms with van der Waals surface area (Å²) in [5.41, 5.74) is 1.02. The molecule has 106 valence electrons. The van der Waals surface area contributed by atoms with Crippen LogP contribution in [-0.4, -0.2) is 39.0 Å². The van der Waals surface area contributed by atoms with Gasteiger partial charge in [0.25, 0.3) is 0 Å². The Morgan fingerprint density at radius 1 is 1.32 bits per heavy atom. The zero-order valence-electron chi connectivity index (χ0n) is 12.2. The van der Waals surface area contributed by atoms with E-state index in [9.17, 15) is 0 Å². The number of ether oxygens (including phenoxy) is 3. The van der Waals surface area contributed by atoms with Crippen molar-refractivity contribution in [2.75, 3.05) is 27.3 Å². The summed E-state index contributed by atoms with van der Waals surface area (Å²) in [4.78, 5) is 0. The summed E-state index contributed by atoms with van der Waals surface area (Å²) in [7, 11) is 3.30. The van der Waals surface area contributed by atoms with E-state index in [0.29, 0.717) is 0 Å². The molecule has 4 heteroatoms. The Labute approximate surface area is 115 Å². The van der Waals surface area contributed by atoms with Crippen LogP contribution >= 0.6 is 0 Å². The van der Waals surface area contributed by atoms with Crippen molar-refractivity contribution in [2.45, 2.75) is 32.0 Å². The molecule has 0 spiro atoms. The van der Waals surface area contributed by atoms with Gasteiger partial charge in [-0.15, -0.1) is 0 Å². The molecular weight excluding hydrogens is 242 g/mol. The van der Waals surface area contributed by atoms with E-state index in [4.69, 9.17) is 14.2 Å². The van der Waals surface area contributed by atoms with Gasteiger partial charge in [0.1, 0.15) is 0 Å². The molecule has 1 aromatic rings. The first-order chi connectivity index (χ1) is 9.06. The molecule has 4 nitrogen and oxygen atoms in total. The molecule has 2 rings (SSSR count). The predicted molar refractivity (Wildman–Crippen MR) is 75.1 cm³/mol. The fourth-order valence-electron chi connectivity index (χ4n) is 2.64. The highest BCUT2D eigenvalue weighted by atomic mass is 16.5. The van der Waals surface area contributed by atoms with Crippen LogP contribution in [0.3, 0.4) is 0 Å². The van der Waals surface area contributed by atoms with Crippen LogP contribution in [0.1, 0.15) is 19.4 Å². The Morgan fingerprint density at radius 3 is 2.68 bits per heavy atom. The summed E-state index contributed by atoms with van der Waals surface area (Å²) in [6.45, 7) is 6.03. The molecule has 1 aromatic carbocycles. The van der Waals surface area contributed by atoms with Crippen LogP contribution in [0, 0.1) is 0 Å². The minimum atomic E-state index is -0.169. The monoisotopic (exact) mass is 265 g/mol. The van der Waals surface area contributed by atoms with Gasteiger partial charge in [-0.2, -0.15) is 0 Å². The first-order valence-electron chi connectivity index (χ1n) is 6.66. The summed E-state index contributed by atoms with van der Waals surface area (Å²) < 4.78 is 16.7. The minimum Gasteiger partial charge on any atom is -0.493 e. The lowest BCUT2D eigenvalue weighted by Crippen LogP contribution is -2.52. The van der Waals surface area contributed by atoms with Crippen molar-refractivity contribution in [2.24, 2.45) is 0 Å². The fraction of sp³-hybridized carbons (Fsp3) is 0.600. The van der Waals surface area contributed by atoms with Crippen molar-refractivity contribution >= 4 is 0 Å². The number of benzene rings is 1. The summed E-state index contributed by atoms with van der Waals surface area (Å²) >= 11 is 0. The smallest absolute Gasteiger partial charge is 0.160 e. The third-order valence-electron chi connectivity index (χ3n) is 3.44. The lowest BCUT2D eigenvalue weighted by atomic mass is 9.94. The molecule has 1 fully saturated rings. The average Bonchev–Trinajstić information content (AvgIpc) is 2.37. The molecule has 1 saturated heterocycles. The highest BCUT2D eigenvalue weighted by molar-refractivity contribution is 5.43. The number of nitrogens with one attached hydrogen (secondary N) is 1. The Kier molecular flexibility index (Phi) is 4.32. The molecule has 0 radical (unpaired) electrons.